The SMILES string of the molecule is CC(=O)n1cc[n+](C)c1.[Cl-]. The Morgan fingerprint density at radius 2 is 2.20 bits per heavy atom. The van der Waals surface area contributed by atoms with Gasteiger partial charge in [0.2, 0.25) is 0 Å². The van der Waals surface area contributed by atoms with Crippen LogP contribution in [0.5, 0.6) is 0 Å². The minimum atomic E-state index is 0. The fraction of sp³-hybridized carbons (Fsp3) is 0.333. The van der Waals surface area contributed by atoms with Crippen LogP contribution in [0.3, 0.4) is 0 Å². The van der Waals surface area contributed by atoms with Crippen molar-refractivity contribution in [3.05, 3.63) is 18.7 Å². The molecule has 0 spiro atoms. The number of carbonyl (C=O) groups excluding carboxylic acids is 1. The summed E-state index contributed by atoms with van der Waals surface area (Å²) in [7, 11) is 1.87. The molecule has 0 fully saturated rings. The molecule has 3 nitrogen and oxygen atoms in total. The molecule has 4 heteroatoms. The minimum Gasteiger partial charge on any atom is -1.00 e. The van der Waals surface area contributed by atoms with Crippen LogP contribution in [0.2, 0.25) is 0 Å². The fourth-order valence-corrected chi connectivity index (χ4v) is 0.636. The zero-order valence-electron chi connectivity index (χ0n) is 5.91. The number of aryl methyl sites for hydroxylation is 1. The summed E-state index contributed by atoms with van der Waals surface area (Å²) in [6.45, 7) is 1.53. The molecule has 1 heterocycles. The number of rotatable bonds is 0. The van der Waals surface area contributed by atoms with Crippen molar-refractivity contribution < 1.29 is 21.8 Å². The Labute approximate surface area is 65.7 Å². The second kappa shape index (κ2) is 3.37. The first-order chi connectivity index (χ1) is 4.20. The average molecular weight is 161 g/mol. The summed E-state index contributed by atoms with van der Waals surface area (Å²) in [4.78, 5) is 10.6. The molecular weight excluding hydrogens is 152 g/mol. The van der Waals surface area contributed by atoms with Crippen LogP contribution in [0.15, 0.2) is 18.7 Å². The normalized spacial score (nSPS) is 8.60. The molecular formula is C6H9ClN2O. The van der Waals surface area contributed by atoms with Gasteiger partial charge in [-0.1, -0.05) is 0 Å². The zero-order valence-corrected chi connectivity index (χ0v) is 6.67. The van der Waals surface area contributed by atoms with Gasteiger partial charge in [-0.05, 0) is 0 Å². The van der Waals surface area contributed by atoms with Gasteiger partial charge in [0.05, 0.1) is 7.05 Å². The molecule has 0 amide bonds. The molecule has 0 aromatic carbocycles. The maximum atomic E-state index is 10.6. The number of aromatic nitrogens is 2. The molecule has 0 bridgehead atoms. The highest BCUT2D eigenvalue weighted by molar-refractivity contribution is 5.75. The lowest BCUT2D eigenvalue weighted by molar-refractivity contribution is -0.670. The van der Waals surface area contributed by atoms with Crippen LogP contribution in [0.1, 0.15) is 11.7 Å². The highest BCUT2D eigenvalue weighted by Crippen LogP contribution is 1.80. The molecule has 1 aromatic rings. The second-order valence-corrected chi connectivity index (χ2v) is 2.01. The van der Waals surface area contributed by atoms with Crippen LogP contribution >= 0.6 is 0 Å². The minimum absolute atomic E-state index is 0. The van der Waals surface area contributed by atoms with E-state index in [1.807, 2.05) is 17.8 Å². The third-order valence-electron chi connectivity index (χ3n) is 1.13. The van der Waals surface area contributed by atoms with E-state index in [1.54, 1.807) is 12.5 Å². The van der Waals surface area contributed by atoms with E-state index in [-0.39, 0.29) is 18.3 Å². The van der Waals surface area contributed by atoms with Crippen molar-refractivity contribution in [1.82, 2.24) is 4.57 Å². The lowest BCUT2D eigenvalue weighted by Crippen LogP contribution is -3.00. The molecule has 0 saturated carbocycles. The first-order valence-corrected chi connectivity index (χ1v) is 2.74. The number of carbonyl (C=O) groups is 1. The summed E-state index contributed by atoms with van der Waals surface area (Å²) in [5.74, 6) is 0.0376. The predicted molar refractivity (Wildman–Crippen MR) is 31.9 cm³/mol. The van der Waals surface area contributed by atoms with Crippen LogP contribution < -0.4 is 17.0 Å². The highest BCUT2D eigenvalue weighted by atomic mass is 35.5. The average Bonchev–Trinajstić information content (AvgIpc) is 2.14. The van der Waals surface area contributed by atoms with Crippen LogP contribution in [-0.2, 0) is 7.05 Å². The van der Waals surface area contributed by atoms with Crippen molar-refractivity contribution >= 4 is 5.91 Å². The molecule has 0 aliphatic heterocycles. The third kappa shape index (κ3) is 1.84. The molecule has 0 atom stereocenters. The van der Waals surface area contributed by atoms with E-state index in [1.165, 1.54) is 11.5 Å². The standard InChI is InChI=1S/C6H9N2O.ClH/c1-6(9)8-4-3-7(2)5-8;/h3-5H,1-2H3;1H/q+1;/p-1. The first-order valence-electron chi connectivity index (χ1n) is 2.74. The van der Waals surface area contributed by atoms with Crippen molar-refractivity contribution in [3.8, 4) is 0 Å². The van der Waals surface area contributed by atoms with E-state index in [0.717, 1.165) is 0 Å². The Bertz CT molecular complexity index is 231. The van der Waals surface area contributed by atoms with Gasteiger partial charge in [0.25, 0.3) is 6.33 Å². The maximum absolute atomic E-state index is 10.6. The summed E-state index contributed by atoms with van der Waals surface area (Å²) in [6.07, 6.45) is 5.27. The lowest BCUT2D eigenvalue weighted by Gasteiger charge is -1.80. The van der Waals surface area contributed by atoms with Gasteiger partial charge in [0.15, 0.2) is 0 Å². The lowest BCUT2D eigenvalue weighted by atomic mass is 10.7. The Morgan fingerprint density at radius 1 is 1.60 bits per heavy atom. The van der Waals surface area contributed by atoms with Gasteiger partial charge in [-0.2, -0.15) is 4.57 Å². The summed E-state index contributed by atoms with van der Waals surface area (Å²) >= 11 is 0. The van der Waals surface area contributed by atoms with Gasteiger partial charge in [0, 0.05) is 6.92 Å². The number of imidazole rings is 1. The summed E-state index contributed by atoms with van der Waals surface area (Å²) in [5, 5.41) is 0. The van der Waals surface area contributed by atoms with Gasteiger partial charge in [-0.3, -0.25) is 0 Å². The van der Waals surface area contributed by atoms with E-state index >= 15 is 0 Å². The first kappa shape index (κ1) is 9.17. The molecule has 56 valence electrons. The van der Waals surface area contributed by atoms with Crippen molar-refractivity contribution in [2.24, 2.45) is 7.05 Å². The second-order valence-electron chi connectivity index (χ2n) is 2.01. The molecule has 1 aromatic heterocycles. The van der Waals surface area contributed by atoms with Crippen molar-refractivity contribution in [1.29, 1.82) is 0 Å². The Kier molecular flexibility index (Phi) is 3.09. The molecule has 0 aliphatic carbocycles. The van der Waals surface area contributed by atoms with E-state index in [0.29, 0.717) is 0 Å². The fourth-order valence-electron chi connectivity index (χ4n) is 0.636. The molecule has 10 heavy (non-hydrogen) atoms. The monoisotopic (exact) mass is 160 g/mol. The molecule has 0 saturated heterocycles. The maximum Gasteiger partial charge on any atom is 0.310 e. The van der Waals surface area contributed by atoms with Gasteiger partial charge < -0.3 is 12.4 Å². The van der Waals surface area contributed by atoms with Crippen LogP contribution in [-0.4, -0.2) is 10.5 Å². The van der Waals surface area contributed by atoms with Crippen molar-refractivity contribution in [2.45, 2.75) is 6.92 Å². The van der Waals surface area contributed by atoms with E-state index < -0.39 is 0 Å². The number of hydrogen-bond donors (Lipinski definition) is 0. The largest absolute Gasteiger partial charge is 1.00 e. The molecule has 0 radical (unpaired) electrons. The summed E-state index contributed by atoms with van der Waals surface area (Å²) < 4.78 is 3.35. The number of halogens is 1. The van der Waals surface area contributed by atoms with Gasteiger partial charge in [-0.15, -0.1) is 0 Å². The van der Waals surface area contributed by atoms with Gasteiger partial charge in [-0.25, -0.2) is 9.36 Å². The summed E-state index contributed by atoms with van der Waals surface area (Å²) in [5.41, 5.74) is 0. The number of nitrogens with zero attached hydrogens (tertiary/aromatic N) is 2. The Balaban J connectivity index is 0.000000810. The Morgan fingerprint density at radius 3 is 2.40 bits per heavy atom. The van der Waals surface area contributed by atoms with E-state index in [4.69, 9.17) is 0 Å². The zero-order chi connectivity index (χ0) is 6.85. The highest BCUT2D eigenvalue weighted by Gasteiger charge is 2.02. The van der Waals surface area contributed by atoms with Crippen molar-refractivity contribution in [3.63, 3.8) is 0 Å². The number of hydrogen-bond acceptors (Lipinski definition) is 1. The molecule has 0 unspecified atom stereocenters. The van der Waals surface area contributed by atoms with Crippen molar-refractivity contribution in [2.75, 3.05) is 0 Å². The van der Waals surface area contributed by atoms with Crippen LogP contribution in [0, 0.1) is 0 Å². The van der Waals surface area contributed by atoms with E-state index in [2.05, 4.69) is 0 Å². The topological polar surface area (TPSA) is 25.9 Å². The molecule has 0 aliphatic rings. The third-order valence-corrected chi connectivity index (χ3v) is 1.13. The molecule has 0 N–H and O–H groups in total. The predicted octanol–water partition coefficient (Wildman–Crippen LogP) is -3.02. The smallest absolute Gasteiger partial charge is 0.310 e. The van der Waals surface area contributed by atoms with Crippen LogP contribution in [0.4, 0.5) is 0 Å². The van der Waals surface area contributed by atoms with Gasteiger partial charge in [0.1, 0.15) is 12.4 Å². The van der Waals surface area contributed by atoms with E-state index in [9.17, 15) is 4.79 Å². The van der Waals surface area contributed by atoms with Gasteiger partial charge >= 0.3 is 5.91 Å². The quantitative estimate of drug-likeness (QED) is 0.371. The van der Waals surface area contributed by atoms with Crippen LogP contribution in [0.25, 0.3) is 0 Å². The summed E-state index contributed by atoms with van der Waals surface area (Å²) in [6, 6.07) is 0. The Hall–Kier alpha value is -0.830. The molecule has 1 rings (SSSR count).